The van der Waals surface area contributed by atoms with Crippen molar-refractivity contribution >= 4 is 5.78 Å². The van der Waals surface area contributed by atoms with Crippen LogP contribution in [-0.2, 0) is 6.42 Å². The third-order valence-electron chi connectivity index (χ3n) is 3.34. The molecule has 21 heavy (non-hydrogen) atoms. The summed E-state index contributed by atoms with van der Waals surface area (Å²) in [6.07, 6.45) is 6.78. The van der Waals surface area contributed by atoms with Gasteiger partial charge in [-0.1, -0.05) is 23.3 Å². The van der Waals surface area contributed by atoms with Crippen LogP contribution in [0.3, 0.4) is 0 Å². The van der Waals surface area contributed by atoms with Crippen LogP contribution in [0.4, 0.5) is 0 Å². The van der Waals surface area contributed by atoms with E-state index in [1.54, 1.807) is 6.07 Å². The number of carbonyl (C=O) groups is 1. The van der Waals surface area contributed by atoms with Crippen LogP contribution in [0.15, 0.2) is 35.4 Å². The Balaban J connectivity index is 2.81. The topological polar surface area (TPSA) is 57.5 Å². The fourth-order valence-corrected chi connectivity index (χ4v) is 2.04. The van der Waals surface area contributed by atoms with Gasteiger partial charge < -0.3 is 10.2 Å². The lowest BCUT2D eigenvalue weighted by Crippen LogP contribution is -1.95. The summed E-state index contributed by atoms with van der Waals surface area (Å²) >= 11 is 0. The minimum atomic E-state index is -0.210. The number of phenolic OH excluding ortho intramolecular Hbond substituents is 2. The number of rotatable bonds is 6. The van der Waals surface area contributed by atoms with Crippen LogP contribution in [-0.4, -0.2) is 16.0 Å². The molecule has 0 fully saturated rings. The summed E-state index contributed by atoms with van der Waals surface area (Å²) in [6.45, 7) is 7.62. The molecule has 3 nitrogen and oxygen atoms in total. The van der Waals surface area contributed by atoms with Gasteiger partial charge in [-0.15, -0.1) is 0 Å². The maximum absolute atomic E-state index is 11.4. The van der Waals surface area contributed by atoms with Crippen molar-refractivity contribution < 1.29 is 15.0 Å². The van der Waals surface area contributed by atoms with Gasteiger partial charge in [0.25, 0.3) is 0 Å². The van der Waals surface area contributed by atoms with Gasteiger partial charge in [-0.2, -0.15) is 0 Å². The van der Waals surface area contributed by atoms with Crippen LogP contribution in [0.1, 0.15) is 56.5 Å². The highest BCUT2D eigenvalue weighted by Crippen LogP contribution is 2.28. The van der Waals surface area contributed by atoms with Crippen molar-refractivity contribution in [2.24, 2.45) is 0 Å². The van der Waals surface area contributed by atoms with Gasteiger partial charge in [0.2, 0.25) is 0 Å². The summed E-state index contributed by atoms with van der Waals surface area (Å²) in [6, 6.07) is 2.80. The molecule has 3 heteroatoms. The maximum Gasteiger partial charge on any atom is 0.163 e. The van der Waals surface area contributed by atoms with Crippen molar-refractivity contribution in [2.75, 3.05) is 0 Å². The van der Waals surface area contributed by atoms with E-state index in [0.29, 0.717) is 12.0 Å². The lowest BCUT2D eigenvalue weighted by molar-refractivity contribution is 0.101. The number of ketones is 1. The molecule has 0 spiro atoms. The quantitative estimate of drug-likeness (QED) is 0.597. The third-order valence-corrected chi connectivity index (χ3v) is 3.34. The molecule has 114 valence electrons. The Morgan fingerprint density at radius 1 is 1.05 bits per heavy atom. The smallest absolute Gasteiger partial charge is 0.163 e. The number of hydrogen-bond acceptors (Lipinski definition) is 3. The Hall–Kier alpha value is -2.03. The van der Waals surface area contributed by atoms with Crippen molar-refractivity contribution in [1.29, 1.82) is 0 Å². The molecule has 0 aromatic heterocycles. The second-order valence-electron chi connectivity index (χ2n) is 5.63. The first-order chi connectivity index (χ1) is 9.81. The Kier molecular flexibility index (Phi) is 6.22. The van der Waals surface area contributed by atoms with Gasteiger partial charge in [0, 0.05) is 6.07 Å². The van der Waals surface area contributed by atoms with Crippen molar-refractivity contribution in [1.82, 2.24) is 0 Å². The van der Waals surface area contributed by atoms with Gasteiger partial charge in [-0.05, 0) is 58.6 Å². The Morgan fingerprint density at radius 3 is 2.29 bits per heavy atom. The van der Waals surface area contributed by atoms with Gasteiger partial charge in [0.05, 0.1) is 5.56 Å². The molecule has 1 aromatic rings. The number of carbonyl (C=O) groups excluding carboxylic acids is 1. The van der Waals surface area contributed by atoms with E-state index in [9.17, 15) is 15.0 Å². The second kappa shape index (κ2) is 7.67. The van der Waals surface area contributed by atoms with Crippen molar-refractivity contribution in [3.63, 3.8) is 0 Å². The number of phenols is 2. The van der Waals surface area contributed by atoms with Gasteiger partial charge in [-0.3, -0.25) is 4.79 Å². The molecule has 1 rings (SSSR count). The summed E-state index contributed by atoms with van der Waals surface area (Å²) in [5, 5.41) is 19.5. The average Bonchev–Trinajstić information content (AvgIpc) is 2.36. The standard InChI is InChI=1S/C18H24O3/c1-12(2)6-5-7-13(3)8-9-15-10-16(14(4)19)18(21)11-17(15)20/h6,8,10-11,20-21H,5,7,9H2,1-4H3. The van der Waals surface area contributed by atoms with Crippen molar-refractivity contribution in [3.8, 4) is 11.5 Å². The lowest BCUT2D eigenvalue weighted by atomic mass is 10.0. The highest BCUT2D eigenvalue weighted by molar-refractivity contribution is 5.97. The molecule has 0 amide bonds. The van der Waals surface area contributed by atoms with Crippen molar-refractivity contribution in [3.05, 3.63) is 46.6 Å². The Bertz CT molecular complexity index is 576. The first-order valence-corrected chi connectivity index (χ1v) is 7.16. The summed E-state index contributed by atoms with van der Waals surface area (Å²) < 4.78 is 0. The molecule has 0 aliphatic rings. The zero-order chi connectivity index (χ0) is 16.0. The van der Waals surface area contributed by atoms with Crippen LogP contribution in [0.5, 0.6) is 11.5 Å². The minimum Gasteiger partial charge on any atom is -0.508 e. The van der Waals surface area contributed by atoms with Crippen LogP contribution in [0, 0.1) is 0 Å². The van der Waals surface area contributed by atoms with Crippen LogP contribution in [0.25, 0.3) is 0 Å². The predicted octanol–water partition coefficient (Wildman–Crippen LogP) is 4.54. The molecule has 0 heterocycles. The number of aromatic hydroxyl groups is 2. The molecule has 0 unspecified atom stereocenters. The average molecular weight is 288 g/mol. The van der Waals surface area contributed by atoms with Gasteiger partial charge in [0.1, 0.15) is 11.5 Å². The minimum absolute atomic E-state index is 0.0193. The molecular formula is C18H24O3. The van der Waals surface area contributed by atoms with Gasteiger partial charge in [-0.25, -0.2) is 0 Å². The Labute approximate surface area is 126 Å². The normalized spacial score (nSPS) is 11.3. The van der Waals surface area contributed by atoms with E-state index >= 15 is 0 Å². The van der Waals surface area contributed by atoms with E-state index in [1.165, 1.54) is 24.1 Å². The maximum atomic E-state index is 11.4. The molecule has 0 atom stereocenters. The zero-order valence-corrected chi connectivity index (χ0v) is 13.2. The molecule has 1 aromatic carbocycles. The molecule has 2 N–H and O–H groups in total. The highest BCUT2D eigenvalue weighted by atomic mass is 16.3. The van der Waals surface area contributed by atoms with Crippen molar-refractivity contribution in [2.45, 2.75) is 47.0 Å². The van der Waals surface area contributed by atoms with Gasteiger partial charge in [0.15, 0.2) is 5.78 Å². The fourth-order valence-electron chi connectivity index (χ4n) is 2.04. The molecule has 0 aliphatic heterocycles. The van der Waals surface area contributed by atoms with E-state index in [4.69, 9.17) is 0 Å². The third kappa shape index (κ3) is 5.46. The first-order valence-electron chi connectivity index (χ1n) is 7.16. The fraction of sp³-hybridized carbons (Fsp3) is 0.389. The molecule has 0 aliphatic carbocycles. The molecule has 0 saturated carbocycles. The summed E-state index contributed by atoms with van der Waals surface area (Å²) in [7, 11) is 0. The van der Waals surface area contributed by atoms with E-state index in [0.717, 1.165) is 12.8 Å². The predicted molar refractivity (Wildman–Crippen MR) is 85.9 cm³/mol. The SMILES string of the molecule is CC(=O)c1cc(CC=C(C)CCC=C(C)C)c(O)cc1O. The van der Waals surface area contributed by atoms with Gasteiger partial charge >= 0.3 is 0 Å². The first kappa shape index (κ1) is 17.0. The lowest BCUT2D eigenvalue weighted by Gasteiger charge is -2.07. The van der Waals surface area contributed by atoms with Crippen LogP contribution < -0.4 is 0 Å². The summed E-state index contributed by atoms with van der Waals surface area (Å²) in [4.78, 5) is 11.4. The second-order valence-corrected chi connectivity index (χ2v) is 5.63. The summed E-state index contributed by atoms with van der Waals surface area (Å²) in [5.74, 6) is -0.364. The van der Waals surface area contributed by atoms with Crippen LogP contribution >= 0.6 is 0 Å². The van der Waals surface area contributed by atoms with E-state index in [-0.39, 0.29) is 22.8 Å². The monoisotopic (exact) mass is 288 g/mol. The Morgan fingerprint density at radius 2 is 1.71 bits per heavy atom. The molecular weight excluding hydrogens is 264 g/mol. The summed E-state index contributed by atoms with van der Waals surface area (Å²) in [5.41, 5.74) is 3.45. The number of benzene rings is 1. The van der Waals surface area contributed by atoms with E-state index in [1.807, 2.05) is 0 Å². The van der Waals surface area contributed by atoms with Crippen LogP contribution in [0.2, 0.25) is 0 Å². The van der Waals surface area contributed by atoms with E-state index < -0.39 is 0 Å². The zero-order valence-electron chi connectivity index (χ0n) is 13.2. The van der Waals surface area contributed by atoms with E-state index in [2.05, 4.69) is 32.9 Å². The highest BCUT2D eigenvalue weighted by Gasteiger charge is 2.11. The molecule has 0 radical (unpaired) electrons. The number of allylic oxidation sites excluding steroid dienone is 4. The largest absolute Gasteiger partial charge is 0.508 e. The molecule has 0 saturated heterocycles. The number of Topliss-reactive ketones (excluding diaryl/α,β-unsaturated/α-hetero) is 1. The number of hydrogen-bond donors (Lipinski definition) is 2. The molecule has 0 bridgehead atoms.